The van der Waals surface area contributed by atoms with Crippen LogP contribution in [0.5, 0.6) is 17.2 Å². The summed E-state index contributed by atoms with van der Waals surface area (Å²) in [5, 5.41) is 18.7. The quantitative estimate of drug-likeness (QED) is 0.348. The predicted molar refractivity (Wildman–Crippen MR) is 129 cm³/mol. The zero-order valence-electron chi connectivity index (χ0n) is 18.7. The van der Waals surface area contributed by atoms with Crippen molar-refractivity contribution in [1.82, 2.24) is 5.32 Å². The van der Waals surface area contributed by atoms with E-state index in [0.29, 0.717) is 27.7 Å². The molecule has 0 heterocycles. The number of urea groups is 1. The van der Waals surface area contributed by atoms with Gasteiger partial charge in [0, 0.05) is 27.5 Å². The zero-order chi connectivity index (χ0) is 24.7. The molecule has 0 saturated carbocycles. The van der Waals surface area contributed by atoms with Crippen LogP contribution in [0.2, 0.25) is 5.02 Å². The molecule has 0 aromatic heterocycles. The van der Waals surface area contributed by atoms with Gasteiger partial charge in [0.25, 0.3) is 5.91 Å². The van der Waals surface area contributed by atoms with Crippen molar-refractivity contribution in [3.63, 3.8) is 0 Å². The third kappa shape index (κ3) is 6.09. The lowest BCUT2D eigenvalue weighted by molar-refractivity contribution is 0.0966. The number of ether oxygens (including phenoxy) is 3. The van der Waals surface area contributed by atoms with Crippen molar-refractivity contribution in [1.29, 1.82) is 0 Å². The fourth-order valence-corrected chi connectivity index (χ4v) is 3.25. The molecular formula is C24H24ClN3O6. The molecule has 0 aliphatic heterocycles. The number of nitrogens with one attached hydrogen (secondary N) is 3. The molecule has 0 aliphatic rings. The van der Waals surface area contributed by atoms with E-state index >= 15 is 0 Å². The number of halogens is 1. The van der Waals surface area contributed by atoms with Crippen LogP contribution in [0.3, 0.4) is 0 Å². The summed E-state index contributed by atoms with van der Waals surface area (Å²) in [6, 6.07) is 15.6. The van der Waals surface area contributed by atoms with Crippen LogP contribution in [-0.2, 0) is 0 Å². The normalized spacial score (nSPS) is 11.2. The maximum Gasteiger partial charge on any atom is 0.326 e. The lowest BCUT2D eigenvalue weighted by atomic mass is 10.1. The molecule has 0 radical (unpaired) electrons. The maximum absolute atomic E-state index is 12.6. The maximum atomic E-state index is 12.6. The van der Waals surface area contributed by atoms with Crippen LogP contribution in [0.15, 0.2) is 60.7 Å². The first-order valence-corrected chi connectivity index (χ1v) is 10.4. The zero-order valence-corrected chi connectivity index (χ0v) is 19.5. The molecule has 178 valence electrons. The lowest BCUT2D eigenvalue weighted by Crippen LogP contribution is -2.34. The van der Waals surface area contributed by atoms with Crippen LogP contribution in [0, 0.1) is 0 Å². The van der Waals surface area contributed by atoms with Crippen molar-refractivity contribution < 1.29 is 28.9 Å². The lowest BCUT2D eigenvalue weighted by Gasteiger charge is -2.16. The molecule has 0 aliphatic carbocycles. The highest BCUT2D eigenvalue weighted by atomic mass is 35.5. The molecule has 0 saturated heterocycles. The van der Waals surface area contributed by atoms with Crippen molar-refractivity contribution in [2.24, 2.45) is 0 Å². The molecule has 34 heavy (non-hydrogen) atoms. The Morgan fingerprint density at radius 2 is 1.50 bits per heavy atom. The molecule has 4 N–H and O–H groups in total. The van der Waals surface area contributed by atoms with Gasteiger partial charge in [0.2, 0.25) is 5.75 Å². The van der Waals surface area contributed by atoms with E-state index in [1.165, 1.54) is 33.5 Å². The first-order valence-electron chi connectivity index (χ1n) is 10.1. The molecule has 3 aromatic rings. The van der Waals surface area contributed by atoms with Crippen molar-refractivity contribution in [3.05, 3.63) is 76.8 Å². The molecule has 3 amide bonds. The van der Waals surface area contributed by atoms with Gasteiger partial charge in [-0.1, -0.05) is 29.8 Å². The van der Waals surface area contributed by atoms with Crippen molar-refractivity contribution in [2.45, 2.75) is 6.23 Å². The number of aliphatic hydroxyl groups is 1. The van der Waals surface area contributed by atoms with E-state index in [1.807, 2.05) is 0 Å². The Balaban J connectivity index is 1.66. The van der Waals surface area contributed by atoms with E-state index in [1.54, 1.807) is 48.5 Å². The van der Waals surface area contributed by atoms with E-state index in [2.05, 4.69) is 16.0 Å². The van der Waals surface area contributed by atoms with Gasteiger partial charge in [-0.15, -0.1) is 0 Å². The predicted octanol–water partition coefficient (Wildman–Crippen LogP) is 4.43. The van der Waals surface area contributed by atoms with Gasteiger partial charge in [0.05, 0.1) is 21.3 Å². The number of amides is 3. The van der Waals surface area contributed by atoms with E-state index in [9.17, 15) is 14.7 Å². The van der Waals surface area contributed by atoms with Crippen LogP contribution in [0.1, 0.15) is 22.1 Å². The summed E-state index contributed by atoms with van der Waals surface area (Å²) in [5.74, 6) is 0.233. The highest BCUT2D eigenvalue weighted by molar-refractivity contribution is 6.30. The number of imide groups is 1. The second kappa shape index (κ2) is 11.3. The Labute approximate surface area is 201 Å². The molecule has 9 nitrogen and oxygen atoms in total. The Morgan fingerprint density at radius 1 is 0.882 bits per heavy atom. The average molecular weight is 486 g/mol. The summed E-state index contributed by atoms with van der Waals surface area (Å²) in [6.07, 6.45) is -0.983. The van der Waals surface area contributed by atoms with Crippen LogP contribution in [0.25, 0.3) is 0 Å². The van der Waals surface area contributed by atoms with Gasteiger partial charge in [0.15, 0.2) is 17.7 Å². The molecule has 0 bridgehead atoms. The van der Waals surface area contributed by atoms with E-state index in [-0.39, 0.29) is 17.1 Å². The molecule has 3 rings (SSSR count). The minimum atomic E-state index is -0.983. The minimum Gasteiger partial charge on any atom is -0.493 e. The number of benzene rings is 3. The van der Waals surface area contributed by atoms with Gasteiger partial charge in [-0.05, 0) is 42.5 Å². The van der Waals surface area contributed by atoms with E-state index in [4.69, 9.17) is 25.8 Å². The Bertz CT molecular complexity index is 1140. The van der Waals surface area contributed by atoms with Crippen LogP contribution < -0.4 is 30.2 Å². The van der Waals surface area contributed by atoms with E-state index < -0.39 is 18.2 Å². The number of hydrogen-bond donors (Lipinski definition) is 4. The monoisotopic (exact) mass is 485 g/mol. The number of anilines is 2. The number of rotatable bonds is 8. The molecule has 1 unspecified atom stereocenters. The fourth-order valence-electron chi connectivity index (χ4n) is 3.12. The highest BCUT2D eigenvalue weighted by Crippen LogP contribution is 2.38. The third-order valence-electron chi connectivity index (χ3n) is 4.76. The molecule has 0 spiro atoms. The third-order valence-corrected chi connectivity index (χ3v) is 5.02. The average Bonchev–Trinajstić information content (AvgIpc) is 2.83. The van der Waals surface area contributed by atoms with Crippen molar-refractivity contribution in [3.8, 4) is 17.2 Å². The van der Waals surface area contributed by atoms with Crippen molar-refractivity contribution >= 4 is 34.9 Å². The second-order valence-corrected chi connectivity index (χ2v) is 7.44. The van der Waals surface area contributed by atoms with Gasteiger partial charge in [-0.3, -0.25) is 10.1 Å². The van der Waals surface area contributed by atoms with Gasteiger partial charge in [0.1, 0.15) is 0 Å². The Morgan fingerprint density at radius 3 is 2.09 bits per heavy atom. The molecular weight excluding hydrogens is 462 g/mol. The molecule has 3 aromatic carbocycles. The first kappa shape index (κ1) is 24.7. The fraction of sp³-hybridized carbons (Fsp3) is 0.167. The summed E-state index contributed by atoms with van der Waals surface area (Å²) >= 11 is 5.87. The van der Waals surface area contributed by atoms with Gasteiger partial charge in [-0.2, -0.15) is 0 Å². The highest BCUT2D eigenvalue weighted by Gasteiger charge is 2.18. The number of aliphatic hydroxyl groups excluding tert-OH is 1. The summed E-state index contributed by atoms with van der Waals surface area (Å²) < 4.78 is 15.7. The minimum absolute atomic E-state index is 0.145. The Hall–Kier alpha value is -3.95. The number of carbonyl (C=O) groups excluding carboxylic acids is 2. The Kier molecular flexibility index (Phi) is 8.18. The number of hydrogen-bond acceptors (Lipinski definition) is 7. The molecule has 1 atom stereocenters. The standard InChI is InChI=1S/C24H24ClN3O6/c1-32-19-11-15(12-20(33-2)21(19)34-3)23(30)28-24(31)27-18-6-4-5-17(13-18)26-22(29)14-7-9-16(25)10-8-14/h4-13,22,26,29H,1-3H3,(H2,27,28,30,31). The van der Waals surface area contributed by atoms with Crippen LogP contribution in [-0.4, -0.2) is 38.4 Å². The van der Waals surface area contributed by atoms with Crippen LogP contribution in [0.4, 0.5) is 16.2 Å². The summed E-state index contributed by atoms with van der Waals surface area (Å²) in [4.78, 5) is 25.0. The number of methoxy groups -OCH3 is 3. The van der Waals surface area contributed by atoms with Gasteiger partial charge >= 0.3 is 6.03 Å². The SMILES string of the molecule is COc1cc(C(=O)NC(=O)Nc2cccc(NC(O)c3ccc(Cl)cc3)c2)cc(OC)c1OC. The summed E-state index contributed by atoms with van der Waals surface area (Å²) in [7, 11) is 4.30. The topological polar surface area (TPSA) is 118 Å². The van der Waals surface area contributed by atoms with Crippen molar-refractivity contribution in [2.75, 3.05) is 32.0 Å². The molecule has 0 fully saturated rings. The number of carbonyl (C=O) groups is 2. The largest absolute Gasteiger partial charge is 0.493 e. The summed E-state index contributed by atoms with van der Waals surface area (Å²) in [6.45, 7) is 0. The smallest absolute Gasteiger partial charge is 0.326 e. The summed E-state index contributed by atoms with van der Waals surface area (Å²) in [5.41, 5.74) is 1.72. The van der Waals surface area contributed by atoms with E-state index in [0.717, 1.165) is 0 Å². The van der Waals surface area contributed by atoms with Crippen LogP contribution >= 0.6 is 11.6 Å². The first-order chi connectivity index (χ1) is 16.3. The van der Waals surface area contributed by atoms with Gasteiger partial charge in [-0.25, -0.2) is 4.79 Å². The van der Waals surface area contributed by atoms with Gasteiger partial charge < -0.3 is 30.0 Å². The second-order valence-electron chi connectivity index (χ2n) is 7.00. The molecule has 10 heteroatoms.